The second kappa shape index (κ2) is 9.66. The number of ether oxygens (including phenoxy) is 1. The van der Waals surface area contributed by atoms with Crippen LogP contribution in [-0.2, 0) is 17.5 Å². The minimum Gasteiger partial charge on any atom is -0.478 e. The molecular formula is C29H27F5N2O3. The maximum atomic E-state index is 14.8. The summed E-state index contributed by atoms with van der Waals surface area (Å²) in [4.78, 5) is 16.1. The van der Waals surface area contributed by atoms with Crippen molar-refractivity contribution in [1.82, 2.24) is 4.98 Å². The van der Waals surface area contributed by atoms with E-state index in [4.69, 9.17) is 9.84 Å². The zero-order chi connectivity index (χ0) is 27.5. The molecule has 3 aromatic rings. The number of aromatic carboxylic acids is 1. The van der Waals surface area contributed by atoms with Gasteiger partial charge in [-0.15, -0.1) is 0 Å². The Hall–Kier alpha value is -3.40. The van der Waals surface area contributed by atoms with Gasteiger partial charge in [-0.3, -0.25) is 0 Å². The third kappa shape index (κ3) is 4.79. The molecule has 6 rings (SSSR count). The number of fused-ring (bicyclic) bond motifs is 2. The van der Waals surface area contributed by atoms with Gasteiger partial charge in [-0.2, -0.15) is 13.2 Å². The lowest BCUT2D eigenvalue weighted by Crippen LogP contribution is -2.46. The van der Waals surface area contributed by atoms with E-state index in [1.807, 2.05) is 0 Å². The molecule has 0 spiro atoms. The van der Waals surface area contributed by atoms with Crippen LogP contribution in [0.2, 0.25) is 0 Å². The zero-order valence-corrected chi connectivity index (χ0v) is 20.9. The number of nitrogens with zero attached hydrogens (tertiary/aromatic N) is 1. The van der Waals surface area contributed by atoms with Crippen LogP contribution in [0, 0.1) is 11.6 Å². The summed E-state index contributed by atoms with van der Waals surface area (Å²) in [5.74, 6) is -2.94. The molecule has 2 aliphatic heterocycles. The van der Waals surface area contributed by atoms with Gasteiger partial charge in [0.1, 0.15) is 17.3 Å². The van der Waals surface area contributed by atoms with Crippen molar-refractivity contribution in [2.24, 2.45) is 0 Å². The summed E-state index contributed by atoms with van der Waals surface area (Å²) < 4.78 is 77.4. The molecule has 0 radical (unpaired) electrons. The third-order valence-electron chi connectivity index (χ3n) is 8.21. The third-order valence-corrected chi connectivity index (χ3v) is 8.21. The van der Waals surface area contributed by atoms with Gasteiger partial charge in [-0.25, -0.2) is 13.6 Å². The molecule has 0 amide bonds. The van der Waals surface area contributed by atoms with E-state index in [-0.39, 0.29) is 42.0 Å². The summed E-state index contributed by atoms with van der Waals surface area (Å²) in [5, 5.41) is 9.11. The van der Waals surface area contributed by atoms with E-state index in [2.05, 4.69) is 4.98 Å². The Morgan fingerprint density at radius 3 is 2.23 bits per heavy atom. The van der Waals surface area contributed by atoms with Crippen molar-refractivity contribution >= 4 is 11.7 Å². The number of piperidine rings is 1. The van der Waals surface area contributed by atoms with Crippen LogP contribution in [0.15, 0.2) is 42.6 Å². The Morgan fingerprint density at radius 1 is 1.00 bits per heavy atom. The number of nitrogens with one attached hydrogen (secondary N) is 1. The highest BCUT2D eigenvalue weighted by atomic mass is 19.4. The maximum Gasteiger partial charge on any atom is 0.417 e. The summed E-state index contributed by atoms with van der Waals surface area (Å²) in [6.45, 7) is 0.136. The second-order valence-corrected chi connectivity index (χ2v) is 10.7. The van der Waals surface area contributed by atoms with Crippen LogP contribution in [-0.4, -0.2) is 34.2 Å². The maximum absolute atomic E-state index is 14.8. The highest BCUT2D eigenvalue weighted by Crippen LogP contribution is 2.47. The van der Waals surface area contributed by atoms with Crippen LogP contribution < -0.4 is 4.90 Å². The average Bonchev–Trinajstić information content (AvgIpc) is 3.59. The standard InChI is InChI=1S/C29H27F5N2O3/c30-24-9-16(28(37)38)10-25(31)27(24)36-17-7-8-18(36)12-19(11-17)39-14-22-21(13-35-26(22)15-5-6-15)20-3-1-2-4-23(20)29(32,33)34/h1-4,9-10,13,15,17-19,35H,5-8,11-12,14H2,(H,37,38). The molecule has 2 N–H and O–H groups in total. The summed E-state index contributed by atoms with van der Waals surface area (Å²) in [5.41, 5.74) is 0.872. The van der Waals surface area contributed by atoms with Crippen molar-refractivity contribution < 1.29 is 36.6 Å². The van der Waals surface area contributed by atoms with E-state index < -0.39 is 34.9 Å². The van der Waals surface area contributed by atoms with E-state index in [9.17, 15) is 26.7 Å². The predicted octanol–water partition coefficient (Wildman–Crippen LogP) is 7.27. The van der Waals surface area contributed by atoms with Crippen molar-refractivity contribution in [3.05, 3.63) is 76.6 Å². The number of halogens is 5. The van der Waals surface area contributed by atoms with Crippen molar-refractivity contribution in [2.75, 3.05) is 4.90 Å². The second-order valence-electron chi connectivity index (χ2n) is 10.7. The van der Waals surface area contributed by atoms with Gasteiger partial charge in [0.2, 0.25) is 0 Å². The van der Waals surface area contributed by atoms with Gasteiger partial charge in [-0.1, -0.05) is 18.2 Å². The van der Waals surface area contributed by atoms with E-state index in [1.54, 1.807) is 17.2 Å². The van der Waals surface area contributed by atoms with Crippen LogP contribution in [0.4, 0.5) is 27.6 Å². The fourth-order valence-electron chi connectivity index (χ4n) is 6.33. The molecule has 39 heavy (non-hydrogen) atoms. The van der Waals surface area contributed by atoms with Crippen molar-refractivity contribution in [3.63, 3.8) is 0 Å². The number of hydrogen-bond acceptors (Lipinski definition) is 3. The first-order valence-corrected chi connectivity index (χ1v) is 13.1. The van der Waals surface area contributed by atoms with Gasteiger partial charge in [-0.05, 0) is 68.2 Å². The van der Waals surface area contributed by atoms with Crippen molar-refractivity contribution in [2.45, 2.75) is 75.4 Å². The minimum absolute atomic E-state index is 0.109. The zero-order valence-electron chi connectivity index (χ0n) is 20.9. The first kappa shape index (κ1) is 25.9. The van der Waals surface area contributed by atoms with Gasteiger partial charge in [0.25, 0.3) is 0 Å². The number of hydrogen-bond donors (Lipinski definition) is 2. The Morgan fingerprint density at radius 2 is 1.64 bits per heavy atom. The highest BCUT2D eigenvalue weighted by molar-refractivity contribution is 5.88. The van der Waals surface area contributed by atoms with Gasteiger partial charge in [0.15, 0.2) is 0 Å². The summed E-state index contributed by atoms with van der Waals surface area (Å²) in [6, 6.07) is 6.83. The molecular weight excluding hydrogens is 519 g/mol. The van der Waals surface area contributed by atoms with Gasteiger partial charge in [0, 0.05) is 35.1 Å². The highest BCUT2D eigenvalue weighted by Gasteiger charge is 2.44. The summed E-state index contributed by atoms with van der Waals surface area (Å²) in [7, 11) is 0. The number of aromatic amines is 1. The fraction of sp³-hybridized carbons (Fsp3) is 0.414. The van der Waals surface area contributed by atoms with Gasteiger partial charge < -0.3 is 19.7 Å². The number of benzene rings is 2. The Kier molecular flexibility index (Phi) is 6.40. The van der Waals surface area contributed by atoms with Crippen molar-refractivity contribution in [1.29, 1.82) is 0 Å². The van der Waals surface area contributed by atoms with Crippen LogP contribution in [0.5, 0.6) is 0 Å². The lowest BCUT2D eigenvalue weighted by molar-refractivity contribution is -0.137. The molecule has 1 aliphatic carbocycles. The average molecular weight is 547 g/mol. The SMILES string of the molecule is O=C(O)c1cc(F)c(N2C3CCC2CC(OCc2c(-c4ccccc4C(F)(F)F)c[nH]c2C2CC2)C3)c(F)c1. The minimum atomic E-state index is -4.50. The predicted molar refractivity (Wildman–Crippen MR) is 134 cm³/mol. The Bertz CT molecular complexity index is 1380. The Labute approximate surface area is 221 Å². The topological polar surface area (TPSA) is 65.6 Å². The van der Waals surface area contributed by atoms with Crippen molar-refractivity contribution in [3.8, 4) is 11.1 Å². The summed E-state index contributed by atoms with van der Waals surface area (Å²) in [6.07, 6.45) is 1.29. The lowest BCUT2D eigenvalue weighted by atomic mass is 9.96. The number of H-pyrrole nitrogens is 1. The van der Waals surface area contributed by atoms with E-state index in [0.29, 0.717) is 31.2 Å². The first-order valence-electron chi connectivity index (χ1n) is 13.1. The number of alkyl halides is 3. The fourth-order valence-corrected chi connectivity index (χ4v) is 6.33. The van der Waals surface area contributed by atoms with E-state index >= 15 is 0 Å². The van der Waals surface area contributed by atoms with Gasteiger partial charge in [0.05, 0.1) is 23.8 Å². The molecule has 2 atom stereocenters. The molecule has 2 saturated heterocycles. The van der Waals surface area contributed by atoms with E-state index in [0.717, 1.165) is 42.3 Å². The monoisotopic (exact) mass is 546 g/mol. The lowest BCUT2D eigenvalue weighted by Gasteiger charge is -2.40. The Balaban J connectivity index is 1.23. The molecule has 2 aromatic carbocycles. The largest absolute Gasteiger partial charge is 0.478 e. The number of aromatic nitrogens is 1. The molecule has 206 valence electrons. The molecule has 5 nitrogen and oxygen atoms in total. The van der Waals surface area contributed by atoms with Gasteiger partial charge >= 0.3 is 12.1 Å². The molecule has 3 aliphatic rings. The van der Waals surface area contributed by atoms with Crippen LogP contribution >= 0.6 is 0 Å². The molecule has 1 saturated carbocycles. The normalized spacial score (nSPS) is 22.9. The molecule has 1 aromatic heterocycles. The van der Waals surface area contributed by atoms with Crippen LogP contribution in [0.1, 0.15) is 71.6 Å². The number of rotatable bonds is 7. The number of carboxylic acids is 1. The number of carboxylic acid groups (broad SMARTS) is 1. The van der Waals surface area contributed by atoms with Crippen LogP contribution in [0.3, 0.4) is 0 Å². The van der Waals surface area contributed by atoms with E-state index in [1.165, 1.54) is 12.1 Å². The van der Waals surface area contributed by atoms with Crippen LogP contribution in [0.25, 0.3) is 11.1 Å². The molecule has 10 heteroatoms. The molecule has 2 bridgehead atoms. The molecule has 2 unspecified atom stereocenters. The number of carbonyl (C=O) groups is 1. The summed E-state index contributed by atoms with van der Waals surface area (Å²) >= 11 is 0. The molecule has 3 fully saturated rings. The number of anilines is 1. The quantitative estimate of drug-likeness (QED) is 0.306. The first-order chi connectivity index (χ1) is 18.6. The smallest absolute Gasteiger partial charge is 0.417 e. The molecule has 3 heterocycles.